The van der Waals surface area contributed by atoms with Crippen molar-refractivity contribution in [2.45, 2.75) is 46.5 Å². The molecule has 19 heavy (non-hydrogen) atoms. The molecule has 108 valence electrons. The van der Waals surface area contributed by atoms with Crippen LogP contribution in [0.5, 0.6) is 0 Å². The fourth-order valence-corrected chi connectivity index (χ4v) is 3.29. The lowest BCUT2D eigenvalue weighted by Gasteiger charge is -2.24. The van der Waals surface area contributed by atoms with Gasteiger partial charge >= 0.3 is 0 Å². The van der Waals surface area contributed by atoms with Gasteiger partial charge < -0.3 is 0 Å². The van der Waals surface area contributed by atoms with Crippen LogP contribution in [0.25, 0.3) is 0 Å². The van der Waals surface area contributed by atoms with Gasteiger partial charge in [-0.2, -0.15) is 0 Å². The lowest BCUT2D eigenvalue weighted by Crippen LogP contribution is -2.20. The molecule has 1 N–H and O–H groups in total. The summed E-state index contributed by atoms with van der Waals surface area (Å²) in [6.45, 7) is 9.31. The number of benzene rings is 1. The summed E-state index contributed by atoms with van der Waals surface area (Å²) in [4.78, 5) is 0. The zero-order chi connectivity index (χ0) is 14.8. The lowest BCUT2D eigenvalue weighted by molar-refractivity contribution is 0.521. The first kappa shape index (κ1) is 16.0. The lowest BCUT2D eigenvalue weighted by atomic mass is 9.83. The summed E-state index contributed by atoms with van der Waals surface area (Å²) < 4.78 is 40.2. The van der Waals surface area contributed by atoms with Gasteiger partial charge in [0.1, 0.15) is 0 Å². The van der Waals surface area contributed by atoms with Crippen molar-refractivity contribution in [3.8, 4) is 0 Å². The Morgan fingerprint density at radius 1 is 1.26 bits per heavy atom. The van der Waals surface area contributed by atoms with Crippen LogP contribution in [0, 0.1) is 12.7 Å². The Bertz CT molecular complexity index is 560. The number of sulfonamides is 1. The number of halogens is 1. The molecule has 0 fully saturated rings. The molecule has 0 saturated carbocycles. The summed E-state index contributed by atoms with van der Waals surface area (Å²) in [5.41, 5.74) is 1.03. The molecule has 5 heteroatoms. The maximum atomic E-state index is 14.5. The molecular weight excluding hydrogens is 265 g/mol. The van der Waals surface area contributed by atoms with E-state index in [1.54, 1.807) is 13.0 Å². The molecule has 3 nitrogen and oxygen atoms in total. The molecule has 0 aromatic heterocycles. The van der Waals surface area contributed by atoms with E-state index in [1.807, 2.05) is 27.7 Å². The van der Waals surface area contributed by atoms with Gasteiger partial charge in [-0.15, -0.1) is 0 Å². The van der Waals surface area contributed by atoms with Crippen LogP contribution in [-0.4, -0.2) is 14.2 Å². The fourth-order valence-electron chi connectivity index (χ4n) is 2.16. The molecule has 0 aliphatic carbocycles. The molecule has 1 rings (SSSR count). The minimum absolute atomic E-state index is 0.00876. The highest BCUT2D eigenvalue weighted by Gasteiger charge is 2.24. The van der Waals surface area contributed by atoms with Gasteiger partial charge in [-0.25, -0.2) is 12.8 Å². The van der Waals surface area contributed by atoms with E-state index in [-0.39, 0.29) is 16.9 Å². The number of hydrogen-bond donors (Lipinski definition) is 1. The molecule has 0 saturated heterocycles. The molecule has 0 aliphatic heterocycles. The average molecular weight is 287 g/mol. The highest BCUT2D eigenvalue weighted by atomic mass is 32.2. The predicted molar refractivity (Wildman–Crippen MR) is 77.5 cm³/mol. The van der Waals surface area contributed by atoms with Crippen LogP contribution in [0.3, 0.4) is 0 Å². The summed E-state index contributed by atoms with van der Waals surface area (Å²) in [6.07, 6.45) is 0.495. The van der Waals surface area contributed by atoms with Gasteiger partial charge in [-0.05, 0) is 36.0 Å². The molecule has 0 radical (unpaired) electrons. The number of nitrogens with one attached hydrogen (secondary N) is 1. The van der Waals surface area contributed by atoms with E-state index in [4.69, 9.17) is 0 Å². The second-order valence-corrected chi connectivity index (χ2v) is 7.63. The van der Waals surface area contributed by atoms with E-state index in [9.17, 15) is 12.8 Å². The SMILES string of the molecule is CCCS(=O)(=O)Nc1ccc(C)c(C(C)(C)C)c1F. The number of aryl methyl sites for hydroxylation is 1. The van der Waals surface area contributed by atoms with Gasteiger partial charge in [0, 0.05) is 0 Å². The van der Waals surface area contributed by atoms with Crippen molar-refractivity contribution in [1.29, 1.82) is 0 Å². The Morgan fingerprint density at radius 3 is 2.32 bits per heavy atom. The van der Waals surface area contributed by atoms with Crippen LogP contribution in [0.2, 0.25) is 0 Å². The van der Waals surface area contributed by atoms with Gasteiger partial charge in [-0.3, -0.25) is 4.72 Å². The van der Waals surface area contributed by atoms with Crippen LogP contribution in [0.15, 0.2) is 12.1 Å². The van der Waals surface area contributed by atoms with E-state index in [1.165, 1.54) is 6.07 Å². The minimum atomic E-state index is -3.47. The molecule has 1 aromatic rings. The topological polar surface area (TPSA) is 46.2 Å². The second kappa shape index (κ2) is 5.49. The summed E-state index contributed by atoms with van der Waals surface area (Å²) >= 11 is 0. The number of hydrogen-bond acceptors (Lipinski definition) is 2. The van der Waals surface area contributed by atoms with E-state index < -0.39 is 15.8 Å². The zero-order valence-corrected chi connectivity index (χ0v) is 13.0. The van der Waals surface area contributed by atoms with Crippen LogP contribution < -0.4 is 4.72 Å². The first-order chi connectivity index (χ1) is 8.58. The largest absolute Gasteiger partial charge is 0.281 e. The molecule has 0 bridgehead atoms. The van der Waals surface area contributed by atoms with Crippen LogP contribution in [-0.2, 0) is 15.4 Å². The normalized spacial score (nSPS) is 12.5. The van der Waals surface area contributed by atoms with Gasteiger partial charge in [0.2, 0.25) is 10.0 Å². The van der Waals surface area contributed by atoms with Gasteiger partial charge in [0.25, 0.3) is 0 Å². The van der Waals surface area contributed by atoms with Crippen LogP contribution >= 0.6 is 0 Å². The molecule has 0 spiro atoms. The standard InChI is InChI=1S/C14H22FNO2S/c1-6-9-19(17,18)16-11-8-7-10(2)12(13(11)15)14(3,4)5/h7-8,16H,6,9H2,1-5H3. The third-order valence-corrected chi connectivity index (χ3v) is 4.32. The summed E-state index contributed by atoms with van der Waals surface area (Å²) in [7, 11) is -3.47. The number of anilines is 1. The highest BCUT2D eigenvalue weighted by molar-refractivity contribution is 7.92. The Morgan fingerprint density at radius 2 is 1.84 bits per heavy atom. The molecule has 0 heterocycles. The quantitative estimate of drug-likeness (QED) is 0.920. The molecular formula is C14H22FNO2S. The molecule has 0 unspecified atom stereocenters. The Balaban J connectivity index is 3.26. The van der Waals surface area contributed by atoms with E-state index in [2.05, 4.69) is 4.72 Å². The Hall–Kier alpha value is -1.10. The van der Waals surface area contributed by atoms with Gasteiger partial charge in [0.15, 0.2) is 5.82 Å². The van der Waals surface area contributed by atoms with Crippen molar-refractivity contribution in [3.05, 3.63) is 29.1 Å². The molecule has 0 aliphatic rings. The predicted octanol–water partition coefficient (Wildman–Crippen LogP) is 3.58. The molecule has 1 aromatic carbocycles. The van der Waals surface area contributed by atoms with Crippen molar-refractivity contribution in [2.75, 3.05) is 10.5 Å². The minimum Gasteiger partial charge on any atom is -0.281 e. The maximum Gasteiger partial charge on any atom is 0.232 e. The second-order valence-electron chi connectivity index (χ2n) is 5.79. The average Bonchev–Trinajstić information content (AvgIpc) is 2.20. The Labute approximate surface area is 115 Å². The monoisotopic (exact) mass is 287 g/mol. The summed E-state index contributed by atoms with van der Waals surface area (Å²) in [5.74, 6) is -0.488. The maximum absolute atomic E-state index is 14.5. The summed E-state index contributed by atoms with van der Waals surface area (Å²) in [6, 6.07) is 3.22. The third kappa shape index (κ3) is 3.93. The third-order valence-electron chi connectivity index (χ3n) is 2.84. The van der Waals surface area contributed by atoms with Crippen molar-refractivity contribution in [3.63, 3.8) is 0 Å². The van der Waals surface area contributed by atoms with E-state index in [0.29, 0.717) is 12.0 Å². The fraction of sp³-hybridized carbons (Fsp3) is 0.571. The van der Waals surface area contributed by atoms with Crippen LogP contribution in [0.1, 0.15) is 45.2 Å². The van der Waals surface area contributed by atoms with Crippen molar-refractivity contribution >= 4 is 15.7 Å². The Kier molecular flexibility index (Phi) is 4.61. The van der Waals surface area contributed by atoms with E-state index >= 15 is 0 Å². The molecule has 0 amide bonds. The smallest absolute Gasteiger partial charge is 0.232 e. The summed E-state index contributed by atoms with van der Waals surface area (Å²) in [5, 5.41) is 0. The first-order valence-corrected chi connectivity index (χ1v) is 8.04. The van der Waals surface area contributed by atoms with Gasteiger partial charge in [-0.1, -0.05) is 33.8 Å². The van der Waals surface area contributed by atoms with Crippen molar-refractivity contribution in [2.24, 2.45) is 0 Å². The highest BCUT2D eigenvalue weighted by Crippen LogP contribution is 2.32. The molecule has 0 atom stereocenters. The van der Waals surface area contributed by atoms with Crippen molar-refractivity contribution in [1.82, 2.24) is 0 Å². The van der Waals surface area contributed by atoms with Gasteiger partial charge in [0.05, 0.1) is 11.4 Å². The number of rotatable bonds is 4. The van der Waals surface area contributed by atoms with E-state index in [0.717, 1.165) is 5.56 Å². The van der Waals surface area contributed by atoms with Crippen molar-refractivity contribution < 1.29 is 12.8 Å². The first-order valence-electron chi connectivity index (χ1n) is 6.38. The zero-order valence-electron chi connectivity index (χ0n) is 12.2. The van der Waals surface area contributed by atoms with Crippen LogP contribution in [0.4, 0.5) is 10.1 Å².